The maximum atomic E-state index is 14.0. The molecule has 33 heavy (non-hydrogen) atoms. The number of piperidine rings is 1. The Bertz CT molecular complexity index is 733. The number of aliphatic hydroxyl groups is 1. The zero-order chi connectivity index (χ0) is 23.4. The lowest BCUT2D eigenvalue weighted by molar-refractivity contribution is -0.164. The molecule has 3 heteroatoms. The van der Waals surface area contributed by atoms with E-state index in [0.717, 1.165) is 50.0 Å². The van der Waals surface area contributed by atoms with Gasteiger partial charge in [0.25, 0.3) is 0 Å². The first-order chi connectivity index (χ1) is 15.8. The monoisotopic (exact) mass is 457 g/mol. The van der Waals surface area contributed by atoms with Crippen molar-refractivity contribution in [3.8, 4) is 0 Å². The van der Waals surface area contributed by atoms with E-state index in [2.05, 4.69) is 32.6 Å². The van der Waals surface area contributed by atoms with E-state index >= 15 is 0 Å². The van der Waals surface area contributed by atoms with Crippen LogP contribution in [0.3, 0.4) is 0 Å². The molecule has 0 aromatic rings. The van der Waals surface area contributed by atoms with E-state index in [1.165, 1.54) is 70.6 Å². The third-order valence-electron chi connectivity index (χ3n) is 12.0. The molecule has 1 saturated heterocycles. The van der Waals surface area contributed by atoms with Gasteiger partial charge in [-0.2, -0.15) is 0 Å². The molecule has 0 spiro atoms. The molecule has 4 aliphatic carbocycles. The van der Waals surface area contributed by atoms with E-state index in [-0.39, 0.29) is 11.3 Å². The number of fused-ring (bicyclic) bond motifs is 5. The number of rotatable bonds is 4. The molecular weight excluding hydrogens is 406 g/mol. The van der Waals surface area contributed by atoms with Crippen molar-refractivity contribution in [3.63, 3.8) is 0 Å². The van der Waals surface area contributed by atoms with Crippen LogP contribution >= 0.6 is 0 Å². The highest BCUT2D eigenvalue weighted by Gasteiger charge is 2.63. The summed E-state index contributed by atoms with van der Waals surface area (Å²) >= 11 is 0. The number of carbonyl (C=O) groups excluding carboxylic acids is 1. The van der Waals surface area contributed by atoms with Crippen LogP contribution in [0.15, 0.2) is 0 Å². The van der Waals surface area contributed by atoms with E-state index in [9.17, 15) is 9.90 Å². The topological polar surface area (TPSA) is 40.5 Å². The lowest BCUT2D eigenvalue weighted by Crippen LogP contribution is -2.57. The first-order valence-electron chi connectivity index (χ1n) is 14.8. The van der Waals surface area contributed by atoms with Gasteiger partial charge in [0.15, 0.2) is 0 Å². The summed E-state index contributed by atoms with van der Waals surface area (Å²) in [5.41, 5.74) is 0.227. The molecule has 9 atom stereocenters. The molecule has 0 aromatic carbocycles. The summed E-state index contributed by atoms with van der Waals surface area (Å²) in [5.74, 6) is 3.89. The summed E-state index contributed by atoms with van der Waals surface area (Å²) in [6.07, 6.45) is 18.4. The van der Waals surface area contributed by atoms with Crippen LogP contribution in [0.1, 0.15) is 124 Å². The molecule has 188 valence electrons. The highest BCUT2D eigenvalue weighted by Crippen LogP contribution is 2.69. The van der Waals surface area contributed by atoms with Crippen LogP contribution in [0.4, 0.5) is 0 Å². The maximum Gasteiger partial charge on any atom is 0.226 e. The summed E-state index contributed by atoms with van der Waals surface area (Å²) in [5, 5.41) is 10.9. The van der Waals surface area contributed by atoms with Crippen LogP contribution in [-0.2, 0) is 4.79 Å². The van der Waals surface area contributed by atoms with Crippen molar-refractivity contribution in [3.05, 3.63) is 0 Å². The van der Waals surface area contributed by atoms with E-state index < -0.39 is 5.60 Å². The smallest absolute Gasteiger partial charge is 0.226 e. The molecule has 1 heterocycles. The van der Waals surface area contributed by atoms with Gasteiger partial charge in [-0.3, -0.25) is 4.79 Å². The third kappa shape index (κ3) is 3.82. The van der Waals surface area contributed by atoms with E-state index in [4.69, 9.17) is 0 Å². The summed E-state index contributed by atoms with van der Waals surface area (Å²) in [6.45, 7) is 10.3. The molecule has 0 unspecified atom stereocenters. The van der Waals surface area contributed by atoms with Crippen LogP contribution < -0.4 is 0 Å². The van der Waals surface area contributed by atoms with Crippen molar-refractivity contribution in [2.75, 3.05) is 6.54 Å². The summed E-state index contributed by atoms with van der Waals surface area (Å²) in [4.78, 5) is 16.3. The molecule has 0 bridgehead atoms. The van der Waals surface area contributed by atoms with Crippen LogP contribution in [0.2, 0.25) is 0 Å². The van der Waals surface area contributed by atoms with Gasteiger partial charge in [0.05, 0.1) is 5.60 Å². The summed E-state index contributed by atoms with van der Waals surface area (Å²) in [6, 6.07) is 0.489. The second-order valence-corrected chi connectivity index (χ2v) is 13.6. The average Bonchev–Trinajstić information content (AvgIpc) is 3.16. The fourth-order valence-electron chi connectivity index (χ4n) is 10.5. The minimum absolute atomic E-state index is 0.217. The fourth-order valence-corrected chi connectivity index (χ4v) is 10.5. The number of nitrogens with zero attached hydrogens (tertiary/aromatic N) is 1. The minimum atomic E-state index is -0.451. The summed E-state index contributed by atoms with van der Waals surface area (Å²) < 4.78 is 0. The highest BCUT2D eigenvalue weighted by atomic mass is 16.3. The number of likely N-dealkylation sites (tertiary alicyclic amines) is 1. The van der Waals surface area contributed by atoms with Crippen molar-refractivity contribution in [2.24, 2.45) is 40.4 Å². The van der Waals surface area contributed by atoms with Crippen LogP contribution in [0, 0.1) is 40.4 Å². The zero-order valence-electron chi connectivity index (χ0n) is 22.1. The molecule has 5 rings (SSSR count). The molecular formula is C30H51NO2. The quantitative estimate of drug-likeness (QED) is 0.495. The lowest BCUT2D eigenvalue weighted by Gasteiger charge is -2.63. The lowest BCUT2D eigenvalue weighted by atomic mass is 9.42. The number of carbonyl (C=O) groups is 1. The molecule has 4 saturated carbocycles. The van der Waals surface area contributed by atoms with Crippen molar-refractivity contribution >= 4 is 5.91 Å². The standard InChI is InChI=1S/C30H51NO2/c1-5-15-30-18-17-28(3,33)20-21(30)10-11-23-24-12-13-26(29(24,4)16-14-25(23)30)27(32)31-19-8-7-9-22(31)6-2/h21-26,33H,5-20H2,1-4H3/t21-,22-,23+,24+,25+,26-,28-,29+,30+/m1/s1. The predicted molar refractivity (Wildman–Crippen MR) is 135 cm³/mol. The van der Waals surface area contributed by atoms with Gasteiger partial charge in [0.1, 0.15) is 0 Å². The second kappa shape index (κ2) is 8.82. The van der Waals surface area contributed by atoms with Gasteiger partial charge in [-0.25, -0.2) is 0 Å². The minimum Gasteiger partial charge on any atom is -0.390 e. The van der Waals surface area contributed by atoms with Gasteiger partial charge >= 0.3 is 0 Å². The van der Waals surface area contributed by atoms with Gasteiger partial charge in [0.2, 0.25) is 5.91 Å². The predicted octanol–water partition coefficient (Wildman–Crippen LogP) is 6.97. The second-order valence-electron chi connectivity index (χ2n) is 13.6. The Morgan fingerprint density at radius 1 is 0.939 bits per heavy atom. The Morgan fingerprint density at radius 3 is 2.52 bits per heavy atom. The van der Waals surface area contributed by atoms with Crippen molar-refractivity contribution in [1.29, 1.82) is 0 Å². The van der Waals surface area contributed by atoms with Gasteiger partial charge < -0.3 is 10.0 Å². The van der Waals surface area contributed by atoms with Crippen LogP contribution in [-0.4, -0.2) is 34.1 Å². The van der Waals surface area contributed by atoms with E-state index in [0.29, 0.717) is 23.3 Å². The third-order valence-corrected chi connectivity index (χ3v) is 12.0. The SMILES string of the molecule is CCC[C@]12CC[C@@](C)(O)C[C@H]1CC[C@H]1[C@@H]3CC[C@H](C(=O)N4CCCC[C@H]4CC)[C@@]3(C)CC[C@@H]12. The Kier molecular flexibility index (Phi) is 6.45. The Morgan fingerprint density at radius 2 is 1.76 bits per heavy atom. The zero-order valence-corrected chi connectivity index (χ0v) is 22.1. The molecule has 0 radical (unpaired) electrons. The number of hydrogen-bond donors (Lipinski definition) is 1. The number of amides is 1. The molecule has 5 fully saturated rings. The first kappa shape index (κ1) is 24.1. The summed E-state index contributed by atoms with van der Waals surface area (Å²) in [7, 11) is 0. The largest absolute Gasteiger partial charge is 0.390 e. The Hall–Kier alpha value is -0.570. The van der Waals surface area contributed by atoms with Crippen molar-refractivity contribution in [1.82, 2.24) is 4.90 Å². The fraction of sp³-hybridized carbons (Fsp3) is 0.967. The highest BCUT2D eigenvalue weighted by molar-refractivity contribution is 5.80. The van der Waals surface area contributed by atoms with E-state index in [1.807, 2.05) is 0 Å². The number of hydrogen-bond acceptors (Lipinski definition) is 2. The normalized spacial score (nSPS) is 49.8. The molecule has 1 N–H and O–H groups in total. The van der Waals surface area contributed by atoms with Gasteiger partial charge in [-0.1, -0.05) is 27.2 Å². The maximum absolute atomic E-state index is 14.0. The molecule has 1 amide bonds. The van der Waals surface area contributed by atoms with Crippen molar-refractivity contribution < 1.29 is 9.90 Å². The van der Waals surface area contributed by atoms with Crippen molar-refractivity contribution in [2.45, 2.75) is 136 Å². The average molecular weight is 458 g/mol. The van der Waals surface area contributed by atoms with E-state index in [1.54, 1.807) is 0 Å². The molecule has 3 nitrogen and oxygen atoms in total. The van der Waals surface area contributed by atoms with Crippen LogP contribution in [0.25, 0.3) is 0 Å². The Balaban J connectivity index is 1.38. The first-order valence-corrected chi connectivity index (χ1v) is 14.8. The molecule has 0 aromatic heterocycles. The Labute approximate surface area is 203 Å². The van der Waals surface area contributed by atoms with Gasteiger partial charge in [-0.05, 0) is 131 Å². The molecule has 1 aliphatic heterocycles. The van der Waals surface area contributed by atoms with Gasteiger partial charge in [-0.15, -0.1) is 0 Å². The molecule has 5 aliphatic rings. The van der Waals surface area contributed by atoms with Crippen LogP contribution in [0.5, 0.6) is 0 Å². The van der Waals surface area contributed by atoms with Gasteiger partial charge in [0, 0.05) is 18.5 Å².